The maximum absolute atomic E-state index is 10.7. The predicted octanol–water partition coefficient (Wildman–Crippen LogP) is 4.33. The van der Waals surface area contributed by atoms with Gasteiger partial charge >= 0.3 is 0 Å². The van der Waals surface area contributed by atoms with Gasteiger partial charge in [0.15, 0.2) is 5.12 Å². The van der Waals surface area contributed by atoms with Crippen molar-refractivity contribution in [3.05, 3.63) is 40.4 Å². The van der Waals surface area contributed by atoms with Crippen molar-refractivity contribution in [1.29, 1.82) is 0 Å². The van der Waals surface area contributed by atoms with Crippen LogP contribution < -0.4 is 0 Å². The van der Waals surface area contributed by atoms with Crippen LogP contribution in [0.2, 0.25) is 5.02 Å². The minimum atomic E-state index is 0.173. The van der Waals surface area contributed by atoms with Gasteiger partial charge in [0.05, 0.1) is 0 Å². The highest BCUT2D eigenvalue weighted by Crippen LogP contribution is 2.17. The van der Waals surface area contributed by atoms with Crippen molar-refractivity contribution in [3.63, 3.8) is 0 Å². The SMILES string of the molecule is CC(=O)SCCC=Cc1ccc(C)c(Cl)c1. The molecule has 1 aromatic rings. The predicted molar refractivity (Wildman–Crippen MR) is 73.0 cm³/mol. The number of aryl methyl sites for hydroxylation is 1. The Morgan fingerprint density at radius 2 is 2.25 bits per heavy atom. The van der Waals surface area contributed by atoms with Crippen LogP contribution in [0.1, 0.15) is 24.5 Å². The van der Waals surface area contributed by atoms with Gasteiger partial charge in [0.1, 0.15) is 0 Å². The highest BCUT2D eigenvalue weighted by atomic mass is 35.5. The molecule has 3 heteroatoms. The van der Waals surface area contributed by atoms with Crippen LogP contribution in [0.4, 0.5) is 0 Å². The van der Waals surface area contributed by atoms with E-state index in [1.807, 2.05) is 31.2 Å². The lowest BCUT2D eigenvalue weighted by Crippen LogP contribution is -1.83. The largest absolute Gasteiger partial charge is 0.288 e. The zero-order valence-corrected chi connectivity index (χ0v) is 11.1. The van der Waals surface area contributed by atoms with Crippen LogP contribution in [0.3, 0.4) is 0 Å². The molecular weight excluding hydrogens is 240 g/mol. The molecule has 0 aliphatic carbocycles. The van der Waals surface area contributed by atoms with E-state index in [4.69, 9.17) is 11.6 Å². The first kappa shape index (κ1) is 13.3. The molecule has 0 aromatic heterocycles. The fourth-order valence-electron chi connectivity index (χ4n) is 1.20. The van der Waals surface area contributed by atoms with E-state index < -0.39 is 0 Å². The minimum Gasteiger partial charge on any atom is -0.288 e. The summed E-state index contributed by atoms with van der Waals surface area (Å²) < 4.78 is 0. The van der Waals surface area contributed by atoms with Crippen LogP contribution in [-0.2, 0) is 4.79 Å². The zero-order valence-electron chi connectivity index (χ0n) is 9.50. The van der Waals surface area contributed by atoms with E-state index in [1.54, 1.807) is 6.92 Å². The summed E-state index contributed by atoms with van der Waals surface area (Å²) in [6.07, 6.45) is 5.00. The van der Waals surface area contributed by atoms with E-state index in [0.717, 1.165) is 28.3 Å². The maximum Gasteiger partial charge on any atom is 0.185 e. The number of hydrogen-bond donors (Lipinski definition) is 0. The molecule has 0 heterocycles. The quantitative estimate of drug-likeness (QED) is 0.744. The van der Waals surface area contributed by atoms with Crippen LogP contribution in [0, 0.1) is 6.92 Å². The van der Waals surface area contributed by atoms with Gasteiger partial charge in [-0.05, 0) is 30.5 Å². The highest BCUT2D eigenvalue weighted by Gasteiger charge is 1.95. The fraction of sp³-hybridized carbons (Fsp3) is 0.308. The van der Waals surface area contributed by atoms with Crippen LogP contribution in [-0.4, -0.2) is 10.9 Å². The zero-order chi connectivity index (χ0) is 12.0. The second-order valence-corrected chi connectivity index (χ2v) is 5.22. The molecule has 0 fully saturated rings. The first-order valence-corrected chi connectivity index (χ1v) is 6.52. The molecule has 0 bridgehead atoms. The third kappa shape index (κ3) is 4.86. The minimum absolute atomic E-state index is 0.173. The second-order valence-electron chi connectivity index (χ2n) is 3.54. The normalized spacial score (nSPS) is 10.9. The lowest BCUT2D eigenvalue weighted by Gasteiger charge is -1.98. The summed E-state index contributed by atoms with van der Waals surface area (Å²) in [5.74, 6) is 0.839. The summed E-state index contributed by atoms with van der Waals surface area (Å²) in [7, 11) is 0. The molecule has 0 aliphatic heterocycles. The Labute approximate surface area is 106 Å². The van der Waals surface area contributed by atoms with E-state index in [0.29, 0.717) is 0 Å². The van der Waals surface area contributed by atoms with Crippen LogP contribution >= 0.6 is 23.4 Å². The third-order valence-electron chi connectivity index (χ3n) is 2.10. The summed E-state index contributed by atoms with van der Waals surface area (Å²) in [5, 5.41) is 0.965. The summed E-state index contributed by atoms with van der Waals surface area (Å²) in [5.41, 5.74) is 2.19. The molecule has 86 valence electrons. The lowest BCUT2D eigenvalue weighted by molar-refractivity contribution is -0.109. The molecule has 1 aromatic carbocycles. The Hall–Kier alpha value is -0.730. The average Bonchev–Trinajstić information content (AvgIpc) is 2.22. The van der Waals surface area contributed by atoms with Gasteiger partial charge in [0.2, 0.25) is 0 Å². The van der Waals surface area contributed by atoms with Crippen molar-refractivity contribution < 1.29 is 4.79 Å². The average molecular weight is 255 g/mol. The van der Waals surface area contributed by atoms with Gasteiger partial charge in [-0.25, -0.2) is 0 Å². The summed E-state index contributed by atoms with van der Waals surface area (Å²) in [6.45, 7) is 3.58. The number of benzene rings is 1. The smallest absolute Gasteiger partial charge is 0.185 e. The van der Waals surface area contributed by atoms with Gasteiger partial charge < -0.3 is 0 Å². The van der Waals surface area contributed by atoms with Crippen molar-refractivity contribution >= 4 is 34.6 Å². The third-order valence-corrected chi connectivity index (χ3v) is 3.35. The number of rotatable bonds is 4. The summed E-state index contributed by atoms with van der Waals surface area (Å²) in [6, 6.07) is 5.99. The standard InChI is InChI=1S/C13H15ClOS/c1-10-6-7-12(9-13(10)14)5-3-4-8-16-11(2)15/h3,5-7,9H,4,8H2,1-2H3. The Morgan fingerprint density at radius 3 is 2.88 bits per heavy atom. The monoisotopic (exact) mass is 254 g/mol. The first-order chi connectivity index (χ1) is 7.59. The number of allylic oxidation sites excluding steroid dienone is 1. The Balaban J connectivity index is 2.44. The van der Waals surface area contributed by atoms with Crippen molar-refractivity contribution in [2.75, 3.05) is 5.75 Å². The van der Waals surface area contributed by atoms with Gasteiger partial charge in [-0.1, -0.05) is 47.6 Å². The molecule has 1 nitrogen and oxygen atoms in total. The summed E-state index contributed by atoms with van der Waals surface area (Å²) in [4.78, 5) is 10.7. The molecule has 0 spiro atoms. The molecule has 0 atom stereocenters. The van der Waals surface area contributed by atoms with E-state index in [9.17, 15) is 4.79 Å². The number of halogens is 1. The fourth-order valence-corrected chi connectivity index (χ4v) is 1.93. The molecule has 0 saturated heterocycles. The lowest BCUT2D eigenvalue weighted by atomic mass is 10.1. The molecule has 0 saturated carbocycles. The molecule has 0 amide bonds. The highest BCUT2D eigenvalue weighted by molar-refractivity contribution is 8.13. The van der Waals surface area contributed by atoms with Gasteiger partial charge in [-0.15, -0.1) is 0 Å². The molecule has 0 unspecified atom stereocenters. The Morgan fingerprint density at radius 1 is 1.50 bits per heavy atom. The van der Waals surface area contributed by atoms with Gasteiger partial charge in [-0.3, -0.25) is 4.79 Å². The van der Waals surface area contributed by atoms with Crippen LogP contribution in [0.5, 0.6) is 0 Å². The molecule has 1 rings (SSSR count). The van der Waals surface area contributed by atoms with Crippen LogP contribution in [0.25, 0.3) is 6.08 Å². The topological polar surface area (TPSA) is 17.1 Å². The molecule has 0 aliphatic rings. The summed E-state index contributed by atoms with van der Waals surface area (Å²) >= 11 is 7.37. The van der Waals surface area contributed by atoms with Gasteiger partial charge in [-0.2, -0.15) is 0 Å². The number of carbonyl (C=O) groups is 1. The Kier molecular flexibility index (Phi) is 5.64. The van der Waals surface area contributed by atoms with E-state index in [1.165, 1.54) is 11.8 Å². The van der Waals surface area contributed by atoms with Gasteiger partial charge in [0, 0.05) is 17.7 Å². The van der Waals surface area contributed by atoms with Crippen LogP contribution in [0.15, 0.2) is 24.3 Å². The van der Waals surface area contributed by atoms with Crippen molar-refractivity contribution in [2.45, 2.75) is 20.3 Å². The number of hydrogen-bond acceptors (Lipinski definition) is 2. The number of carbonyl (C=O) groups excluding carboxylic acids is 1. The molecule has 16 heavy (non-hydrogen) atoms. The van der Waals surface area contributed by atoms with E-state index in [-0.39, 0.29) is 5.12 Å². The number of thioether (sulfide) groups is 1. The van der Waals surface area contributed by atoms with Crippen molar-refractivity contribution in [1.82, 2.24) is 0 Å². The first-order valence-electron chi connectivity index (χ1n) is 5.15. The van der Waals surface area contributed by atoms with Crippen molar-refractivity contribution in [2.24, 2.45) is 0 Å². The molecule has 0 N–H and O–H groups in total. The van der Waals surface area contributed by atoms with E-state index >= 15 is 0 Å². The van der Waals surface area contributed by atoms with Crippen molar-refractivity contribution in [3.8, 4) is 0 Å². The molecular formula is C13H15ClOS. The molecule has 0 radical (unpaired) electrons. The van der Waals surface area contributed by atoms with E-state index in [2.05, 4.69) is 6.08 Å². The van der Waals surface area contributed by atoms with Gasteiger partial charge in [0.25, 0.3) is 0 Å². The second kappa shape index (κ2) is 6.77. The maximum atomic E-state index is 10.7. The Bertz CT molecular complexity index is 399.